The molecule has 1 fully saturated rings. The van der Waals surface area contributed by atoms with Gasteiger partial charge in [-0.15, -0.1) is 0 Å². The summed E-state index contributed by atoms with van der Waals surface area (Å²) in [5.41, 5.74) is 3.77. The fourth-order valence-electron chi connectivity index (χ4n) is 3.43. The maximum absolute atomic E-state index is 5.33. The van der Waals surface area contributed by atoms with Crippen LogP contribution in [-0.2, 0) is 9.47 Å². The fourth-order valence-corrected chi connectivity index (χ4v) is 3.43. The third-order valence-corrected chi connectivity index (χ3v) is 4.94. The molecule has 2 aromatic carbocycles. The third kappa shape index (κ3) is 4.16. The van der Waals surface area contributed by atoms with Crippen molar-refractivity contribution in [3.05, 3.63) is 54.6 Å². The molecule has 2 aromatic rings. The second kappa shape index (κ2) is 8.32. The topological polar surface area (TPSA) is 21.7 Å². The van der Waals surface area contributed by atoms with E-state index in [-0.39, 0.29) is 6.29 Å². The minimum absolute atomic E-state index is 0.0662. The Balaban J connectivity index is 1.57. The fraction of sp³-hybridized carbons (Fsp3) is 0.429. The predicted octanol–water partition coefficient (Wildman–Crippen LogP) is 4.38. The molecule has 24 heavy (non-hydrogen) atoms. The van der Waals surface area contributed by atoms with Crippen molar-refractivity contribution in [3.8, 4) is 11.1 Å². The van der Waals surface area contributed by atoms with E-state index in [1.807, 2.05) is 18.2 Å². The number of ether oxygens (including phenoxy) is 2. The number of hydrogen-bond donors (Lipinski definition) is 0. The van der Waals surface area contributed by atoms with Crippen LogP contribution in [-0.4, -0.2) is 33.6 Å². The number of piperidine rings is 1. The SMILES string of the molecule is COC(CC1CCN(c2ccc(-c3c[c]ccc3)cc2)CC1)OC. The quantitative estimate of drug-likeness (QED) is 0.736. The van der Waals surface area contributed by atoms with Crippen LogP contribution in [0.5, 0.6) is 0 Å². The molecular formula is C21H26NO2. The van der Waals surface area contributed by atoms with Crippen molar-refractivity contribution in [2.45, 2.75) is 25.6 Å². The van der Waals surface area contributed by atoms with E-state index in [2.05, 4.69) is 41.3 Å². The van der Waals surface area contributed by atoms with Gasteiger partial charge < -0.3 is 14.4 Å². The lowest BCUT2D eigenvalue weighted by Gasteiger charge is -2.34. The zero-order valence-electron chi connectivity index (χ0n) is 14.6. The highest BCUT2D eigenvalue weighted by Crippen LogP contribution is 2.28. The van der Waals surface area contributed by atoms with Gasteiger partial charge >= 0.3 is 0 Å². The van der Waals surface area contributed by atoms with Gasteiger partial charge in [0.25, 0.3) is 0 Å². The maximum Gasteiger partial charge on any atom is 0.157 e. The van der Waals surface area contributed by atoms with E-state index in [4.69, 9.17) is 9.47 Å². The highest BCUT2D eigenvalue weighted by Gasteiger charge is 2.22. The Morgan fingerprint density at radius 1 is 1.04 bits per heavy atom. The number of anilines is 1. The number of nitrogens with zero attached hydrogens (tertiary/aromatic N) is 1. The van der Waals surface area contributed by atoms with Crippen molar-refractivity contribution in [2.24, 2.45) is 5.92 Å². The Morgan fingerprint density at radius 2 is 1.75 bits per heavy atom. The van der Waals surface area contributed by atoms with Crippen molar-refractivity contribution in [2.75, 3.05) is 32.2 Å². The third-order valence-electron chi connectivity index (χ3n) is 4.94. The van der Waals surface area contributed by atoms with E-state index in [1.54, 1.807) is 14.2 Å². The largest absolute Gasteiger partial charge is 0.372 e. The van der Waals surface area contributed by atoms with Gasteiger partial charge in [-0.25, -0.2) is 0 Å². The molecule has 3 heteroatoms. The molecule has 0 saturated carbocycles. The van der Waals surface area contributed by atoms with Crippen molar-refractivity contribution in [1.29, 1.82) is 0 Å². The number of hydrogen-bond acceptors (Lipinski definition) is 3. The Bertz CT molecular complexity index is 599. The summed E-state index contributed by atoms with van der Waals surface area (Å²) < 4.78 is 10.7. The van der Waals surface area contributed by atoms with Crippen LogP contribution in [0.4, 0.5) is 5.69 Å². The lowest BCUT2D eigenvalue weighted by Crippen LogP contribution is -2.35. The van der Waals surface area contributed by atoms with Crippen molar-refractivity contribution < 1.29 is 9.47 Å². The predicted molar refractivity (Wildman–Crippen MR) is 98.1 cm³/mol. The first-order valence-electron chi connectivity index (χ1n) is 8.67. The minimum atomic E-state index is -0.0662. The average Bonchev–Trinajstić information content (AvgIpc) is 2.67. The van der Waals surface area contributed by atoms with Crippen LogP contribution in [0.15, 0.2) is 48.5 Å². The molecule has 0 amide bonds. The van der Waals surface area contributed by atoms with Gasteiger partial charge in [-0.3, -0.25) is 0 Å². The summed E-state index contributed by atoms with van der Waals surface area (Å²) in [7, 11) is 3.44. The van der Waals surface area contributed by atoms with Gasteiger partial charge in [0.2, 0.25) is 0 Å². The van der Waals surface area contributed by atoms with E-state index >= 15 is 0 Å². The summed E-state index contributed by atoms with van der Waals surface area (Å²) in [5, 5.41) is 0. The standard InChI is InChI=1S/C21H26NO2/c1-23-21(24-2)16-17-12-14-22(15-13-17)20-10-8-19(9-11-20)18-6-4-3-5-7-18/h3-4,6-11,17,21H,12-16H2,1-2H3. The summed E-state index contributed by atoms with van der Waals surface area (Å²) in [6, 6.07) is 20.1. The van der Waals surface area contributed by atoms with Crippen LogP contribution in [0.2, 0.25) is 0 Å². The molecule has 0 aromatic heterocycles. The van der Waals surface area contributed by atoms with E-state index in [0.717, 1.165) is 19.5 Å². The second-order valence-electron chi connectivity index (χ2n) is 6.41. The van der Waals surface area contributed by atoms with Gasteiger partial charge in [-0.1, -0.05) is 30.3 Å². The molecule has 1 radical (unpaired) electrons. The van der Waals surface area contributed by atoms with Crippen LogP contribution in [0, 0.1) is 12.0 Å². The molecule has 3 nitrogen and oxygen atoms in total. The lowest BCUT2D eigenvalue weighted by atomic mass is 9.93. The molecule has 0 bridgehead atoms. The van der Waals surface area contributed by atoms with Crippen LogP contribution in [0.25, 0.3) is 11.1 Å². The number of methoxy groups -OCH3 is 2. The molecule has 1 aliphatic rings. The normalized spacial score (nSPS) is 15.9. The molecule has 1 aliphatic heterocycles. The van der Waals surface area contributed by atoms with Crippen LogP contribution < -0.4 is 4.90 Å². The van der Waals surface area contributed by atoms with Gasteiger partial charge in [0.1, 0.15) is 0 Å². The molecule has 1 saturated heterocycles. The molecule has 1 heterocycles. The Morgan fingerprint density at radius 3 is 2.33 bits per heavy atom. The summed E-state index contributed by atoms with van der Waals surface area (Å²) in [6.07, 6.45) is 3.31. The van der Waals surface area contributed by atoms with Crippen LogP contribution in [0.3, 0.4) is 0 Å². The average molecular weight is 324 g/mol. The zero-order chi connectivity index (χ0) is 16.8. The molecule has 127 valence electrons. The van der Waals surface area contributed by atoms with Gasteiger partial charge in [-0.2, -0.15) is 0 Å². The molecular weight excluding hydrogens is 298 g/mol. The van der Waals surface area contributed by atoms with E-state index in [1.165, 1.54) is 29.7 Å². The Kier molecular flexibility index (Phi) is 5.89. The molecule has 0 spiro atoms. The second-order valence-corrected chi connectivity index (χ2v) is 6.41. The maximum atomic E-state index is 5.33. The summed E-state index contributed by atoms with van der Waals surface area (Å²) in [5.74, 6) is 0.685. The molecule has 3 rings (SSSR count). The van der Waals surface area contributed by atoms with Crippen molar-refractivity contribution in [3.63, 3.8) is 0 Å². The Labute approximate surface area is 145 Å². The highest BCUT2D eigenvalue weighted by atomic mass is 16.7. The zero-order valence-corrected chi connectivity index (χ0v) is 14.6. The molecule has 0 atom stereocenters. The van der Waals surface area contributed by atoms with E-state index in [0.29, 0.717) is 5.92 Å². The monoisotopic (exact) mass is 324 g/mol. The van der Waals surface area contributed by atoms with Crippen molar-refractivity contribution >= 4 is 5.69 Å². The highest BCUT2D eigenvalue weighted by molar-refractivity contribution is 5.66. The first-order valence-corrected chi connectivity index (χ1v) is 8.67. The van der Waals surface area contributed by atoms with E-state index < -0.39 is 0 Å². The van der Waals surface area contributed by atoms with Gasteiger partial charge in [-0.05, 0) is 54.2 Å². The smallest absolute Gasteiger partial charge is 0.157 e. The van der Waals surface area contributed by atoms with Gasteiger partial charge in [0.05, 0.1) is 0 Å². The lowest BCUT2D eigenvalue weighted by molar-refractivity contribution is -0.115. The van der Waals surface area contributed by atoms with Gasteiger partial charge in [0.15, 0.2) is 6.29 Å². The molecule has 0 N–H and O–H groups in total. The summed E-state index contributed by atoms with van der Waals surface area (Å²) >= 11 is 0. The first-order chi connectivity index (χ1) is 11.8. The Hall–Kier alpha value is -1.84. The summed E-state index contributed by atoms with van der Waals surface area (Å²) in [6.45, 7) is 2.20. The molecule has 0 unspecified atom stereocenters. The van der Waals surface area contributed by atoms with Gasteiger partial charge in [0, 0.05) is 39.4 Å². The van der Waals surface area contributed by atoms with Crippen LogP contribution >= 0.6 is 0 Å². The summed E-state index contributed by atoms with van der Waals surface area (Å²) in [4.78, 5) is 2.48. The molecule has 0 aliphatic carbocycles. The number of benzene rings is 2. The number of rotatable bonds is 6. The minimum Gasteiger partial charge on any atom is -0.372 e. The van der Waals surface area contributed by atoms with Crippen LogP contribution in [0.1, 0.15) is 19.3 Å². The first kappa shape index (κ1) is 17.0. The van der Waals surface area contributed by atoms with Crippen molar-refractivity contribution in [1.82, 2.24) is 0 Å². The van der Waals surface area contributed by atoms with E-state index in [9.17, 15) is 0 Å².